The van der Waals surface area contributed by atoms with E-state index >= 15 is 0 Å². The maximum atomic E-state index is 12.6. The predicted octanol–water partition coefficient (Wildman–Crippen LogP) is 3.72. The SMILES string of the molecule is CC(C)(C)C(=O)C1=C(C(=O)C(C)(C)C)C(C)(C)N=N1. The Morgan fingerprint density at radius 1 is 0.895 bits per heavy atom. The van der Waals surface area contributed by atoms with E-state index in [4.69, 9.17) is 0 Å². The zero-order valence-electron chi connectivity index (χ0n) is 13.2. The number of carbonyl (C=O) groups excluding carboxylic acids is 2. The fourth-order valence-electron chi connectivity index (χ4n) is 1.84. The van der Waals surface area contributed by atoms with Gasteiger partial charge in [0, 0.05) is 10.8 Å². The molecule has 0 unspecified atom stereocenters. The van der Waals surface area contributed by atoms with Crippen LogP contribution in [0.25, 0.3) is 0 Å². The standard InChI is InChI=1S/C15H24N2O2/c1-13(2,3)11(18)9-10(12(19)14(4,5)6)16-17-15(9,7)8/h1-8H3. The maximum Gasteiger partial charge on any atom is 0.188 e. The van der Waals surface area contributed by atoms with E-state index in [9.17, 15) is 9.59 Å². The minimum absolute atomic E-state index is 0.0601. The second-order valence-electron chi connectivity index (χ2n) is 7.64. The molecule has 0 aliphatic carbocycles. The molecule has 0 saturated carbocycles. The van der Waals surface area contributed by atoms with Gasteiger partial charge in [0.05, 0.1) is 5.57 Å². The minimum atomic E-state index is -0.722. The Kier molecular flexibility index (Phi) is 3.61. The molecule has 0 aromatic rings. The molecule has 1 aliphatic rings. The number of hydrogen-bond donors (Lipinski definition) is 0. The number of nitrogens with zero attached hydrogens (tertiary/aromatic N) is 2. The van der Waals surface area contributed by atoms with Gasteiger partial charge in [-0.25, -0.2) is 0 Å². The topological polar surface area (TPSA) is 58.9 Å². The van der Waals surface area contributed by atoms with Crippen molar-refractivity contribution in [1.82, 2.24) is 0 Å². The van der Waals surface area contributed by atoms with Crippen LogP contribution in [-0.2, 0) is 9.59 Å². The molecule has 1 rings (SSSR count). The summed E-state index contributed by atoms with van der Waals surface area (Å²) in [6.45, 7) is 14.6. The van der Waals surface area contributed by atoms with Crippen LogP contribution in [0.3, 0.4) is 0 Å². The van der Waals surface area contributed by atoms with Crippen LogP contribution in [0, 0.1) is 10.8 Å². The van der Waals surface area contributed by atoms with E-state index in [1.165, 1.54) is 0 Å². The second-order valence-corrected chi connectivity index (χ2v) is 7.64. The van der Waals surface area contributed by atoms with Gasteiger partial charge in [0.15, 0.2) is 11.6 Å². The van der Waals surface area contributed by atoms with Crippen molar-refractivity contribution in [2.75, 3.05) is 0 Å². The molecule has 0 N–H and O–H groups in total. The predicted molar refractivity (Wildman–Crippen MR) is 74.9 cm³/mol. The summed E-state index contributed by atoms with van der Waals surface area (Å²) in [5, 5.41) is 8.11. The summed E-state index contributed by atoms with van der Waals surface area (Å²) in [5.74, 6) is -0.190. The van der Waals surface area contributed by atoms with Gasteiger partial charge in [-0.3, -0.25) is 9.59 Å². The third-order valence-corrected chi connectivity index (χ3v) is 3.05. The Balaban J connectivity index is 3.43. The molecular weight excluding hydrogens is 240 g/mol. The van der Waals surface area contributed by atoms with Gasteiger partial charge in [-0.1, -0.05) is 41.5 Å². The van der Waals surface area contributed by atoms with E-state index in [1.54, 1.807) is 0 Å². The first-order chi connectivity index (χ1) is 8.28. The highest BCUT2D eigenvalue weighted by atomic mass is 16.1. The third kappa shape index (κ3) is 2.99. The van der Waals surface area contributed by atoms with Crippen molar-refractivity contribution in [3.05, 3.63) is 11.3 Å². The second kappa shape index (κ2) is 4.36. The lowest BCUT2D eigenvalue weighted by Gasteiger charge is -2.25. The number of Topliss-reactive ketones (excluding diaryl/α,β-unsaturated/α-hetero) is 2. The first-order valence-electron chi connectivity index (χ1n) is 6.56. The summed E-state index contributed by atoms with van der Waals surface area (Å²) in [7, 11) is 0. The Bertz CT molecular complexity index is 483. The molecule has 4 nitrogen and oxygen atoms in total. The van der Waals surface area contributed by atoms with E-state index < -0.39 is 16.4 Å². The molecule has 0 saturated heterocycles. The summed E-state index contributed by atoms with van der Waals surface area (Å²) in [6, 6.07) is 0. The highest BCUT2D eigenvalue weighted by Crippen LogP contribution is 2.39. The lowest BCUT2D eigenvalue weighted by molar-refractivity contribution is -0.125. The first kappa shape index (κ1) is 15.7. The molecule has 4 heteroatoms. The molecule has 1 aliphatic heterocycles. The van der Waals surface area contributed by atoms with Crippen molar-refractivity contribution in [3.8, 4) is 0 Å². The molecule has 1 heterocycles. The summed E-state index contributed by atoms with van der Waals surface area (Å²) in [4.78, 5) is 25.0. The van der Waals surface area contributed by atoms with Gasteiger partial charge in [0.1, 0.15) is 11.2 Å². The van der Waals surface area contributed by atoms with Crippen LogP contribution in [0.1, 0.15) is 55.4 Å². The van der Waals surface area contributed by atoms with Crippen LogP contribution in [0.15, 0.2) is 21.5 Å². The summed E-state index contributed by atoms with van der Waals surface area (Å²) in [6.07, 6.45) is 0. The molecule has 0 fully saturated rings. The lowest BCUT2D eigenvalue weighted by Crippen LogP contribution is -2.34. The van der Waals surface area contributed by atoms with Crippen molar-refractivity contribution in [1.29, 1.82) is 0 Å². The van der Waals surface area contributed by atoms with Gasteiger partial charge in [0.25, 0.3) is 0 Å². The summed E-state index contributed by atoms with van der Waals surface area (Å²) in [5.41, 5.74) is -1.16. The van der Waals surface area contributed by atoms with Gasteiger partial charge in [0.2, 0.25) is 0 Å². The van der Waals surface area contributed by atoms with Gasteiger partial charge in [-0.05, 0) is 13.8 Å². The average molecular weight is 264 g/mol. The van der Waals surface area contributed by atoms with Crippen molar-refractivity contribution in [2.24, 2.45) is 21.1 Å². The largest absolute Gasteiger partial charge is 0.294 e. The minimum Gasteiger partial charge on any atom is -0.294 e. The number of carbonyl (C=O) groups is 2. The van der Waals surface area contributed by atoms with Crippen molar-refractivity contribution in [3.63, 3.8) is 0 Å². The van der Waals surface area contributed by atoms with Crippen molar-refractivity contribution >= 4 is 11.6 Å². The third-order valence-electron chi connectivity index (χ3n) is 3.05. The normalized spacial score (nSPS) is 18.9. The molecule has 0 amide bonds. The summed E-state index contributed by atoms with van der Waals surface area (Å²) < 4.78 is 0. The van der Waals surface area contributed by atoms with Gasteiger partial charge >= 0.3 is 0 Å². The fraction of sp³-hybridized carbons (Fsp3) is 0.733. The van der Waals surface area contributed by atoms with Gasteiger partial charge < -0.3 is 0 Å². The van der Waals surface area contributed by atoms with E-state index in [0.717, 1.165) is 0 Å². The van der Waals surface area contributed by atoms with Gasteiger partial charge in [-0.15, -0.1) is 0 Å². The molecule has 0 aromatic carbocycles. The van der Waals surface area contributed by atoms with E-state index in [-0.39, 0.29) is 17.3 Å². The van der Waals surface area contributed by atoms with Gasteiger partial charge in [-0.2, -0.15) is 10.2 Å². The Hall–Kier alpha value is -1.32. The molecule has 0 bridgehead atoms. The zero-order valence-corrected chi connectivity index (χ0v) is 13.2. The van der Waals surface area contributed by atoms with Crippen LogP contribution in [0.4, 0.5) is 0 Å². The highest BCUT2D eigenvalue weighted by molar-refractivity contribution is 6.11. The molecule has 0 spiro atoms. The number of rotatable bonds is 2. The molecular formula is C15H24N2O2. The number of hydrogen-bond acceptors (Lipinski definition) is 4. The Labute approximate surface area is 115 Å². The summed E-state index contributed by atoms with van der Waals surface area (Å²) >= 11 is 0. The molecule has 0 aromatic heterocycles. The van der Waals surface area contributed by atoms with Crippen molar-refractivity contribution < 1.29 is 9.59 Å². The Morgan fingerprint density at radius 2 is 1.32 bits per heavy atom. The van der Waals surface area contributed by atoms with Crippen LogP contribution in [0.5, 0.6) is 0 Å². The van der Waals surface area contributed by atoms with Crippen LogP contribution in [0.2, 0.25) is 0 Å². The quantitative estimate of drug-likeness (QED) is 0.763. The Morgan fingerprint density at radius 3 is 1.68 bits per heavy atom. The molecule has 106 valence electrons. The zero-order chi connectivity index (χ0) is 15.2. The van der Waals surface area contributed by atoms with Crippen LogP contribution < -0.4 is 0 Å². The number of ketones is 2. The molecule has 0 atom stereocenters. The average Bonchev–Trinajstić information content (AvgIpc) is 2.48. The molecule has 19 heavy (non-hydrogen) atoms. The monoisotopic (exact) mass is 264 g/mol. The highest BCUT2D eigenvalue weighted by Gasteiger charge is 2.44. The lowest BCUT2D eigenvalue weighted by atomic mass is 9.76. The van der Waals surface area contributed by atoms with Crippen LogP contribution in [-0.4, -0.2) is 17.1 Å². The van der Waals surface area contributed by atoms with Crippen molar-refractivity contribution in [2.45, 2.75) is 60.9 Å². The van der Waals surface area contributed by atoms with Crippen LogP contribution >= 0.6 is 0 Å². The fourth-order valence-corrected chi connectivity index (χ4v) is 1.84. The smallest absolute Gasteiger partial charge is 0.188 e. The van der Waals surface area contributed by atoms with E-state index in [1.807, 2.05) is 55.4 Å². The van der Waals surface area contributed by atoms with E-state index in [0.29, 0.717) is 5.57 Å². The number of allylic oxidation sites excluding steroid dienone is 1. The number of azo groups is 1. The first-order valence-corrected chi connectivity index (χ1v) is 6.56. The van der Waals surface area contributed by atoms with E-state index in [2.05, 4.69) is 10.2 Å². The maximum absolute atomic E-state index is 12.6. The molecule has 0 radical (unpaired) electrons.